The molecule has 1 aliphatic rings. The molecule has 0 spiro atoms. The smallest absolute Gasteiger partial charge is 0.388 e. The Balaban J connectivity index is 1.59. The first kappa shape index (κ1) is 20.0. The zero-order valence-electron chi connectivity index (χ0n) is 16.4. The van der Waals surface area contributed by atoms with E-state index in [1.807, 2.05) is 32.2 Å². The summed E-state index contributed by atoms with van der Waals surface area (Å²) in [6.45, 7) is -0.357. The molecule has 30 heavy (non-hydrogen) atoms. The number of rotatable bonds is 6. The monoisotopic (exact) mass is 413 g/mol. The number of ether oxygens (including phenoxy) is 1. The molecule has 0 fully saturated rings. The normalized spacial score (nSPS) is 15.2. The van der Waals surface area contributed by atoms with Gasteiger partial charge < -0.3 is 20.5 Å². The van der Waals surface area contributed by atoms with Crippen molar-refractivity contribution >= 4 is 17.2 Å². The number of anilines is 3. The molecule has 0 saturated carbocycles. The van der Waals surface area contributed by atoms with Crippen molar-refractivity contribution < 1.29 is 18.6 Å². The van der Waals surface area contributed by atoms with Gasteiger partial charge in [-0.2, -0.15) is 8.78 Å². The van der Waals surface area contributed by atoms with Crippen LogP contribution in [0.1, 0.15) is 22.9 Å². The van der Waals surface area contributed by atoms with Crippen molar-refractivity contribution in [3.8, 4) is 17.0 Å². The first-order chi connectivity index (χ1) is 14.5. The third-order valence-electron chi connectivity index (χ3n) is 4.99. The lowest BCUT2D eigenvalue weighted by Gasteiger charge is -2.16. The number of pyridine rings is 2. The predicted octanol–water partition coefficient (Wildman–Crippen LogP) is 3.93. The molecule has 3 aromatic rings. The number of fused-ring (bicyclic) bond motifs is 1. The number of hydrogen-bond acceptors (Lipinski definition) is 7. The fourth-order valence-electron chi connectivity index (χ4n) is 3.61. The summed E-state index contributed by atoms with van der Waals surface area (Å²) >= 11 is 0. The van der Waals surface area contributed by atoms with Gasteiger partial charge in [0.25, 0.3) is 0 Å². The van der Waals surface area contributed by atoms with Crippen molar-refractivity contribution in [3.63, 3.8) is 0 Å². The van der Waals surface area contributed by atoms with Crippen molar-refractivity contribution in [2.75, 3.05) is 17.7 Å². The lowest BCUT2D eigenvalue weighted by Crippen LogP contribution is -2.11. The fourth-order valence-corrected chi connectivity index (χ4v) is 3.61. The maximum atomic E-state index is 12.2. The highest BCUT2D eigenvalue weighted by molar-refractivity contribution is 5.77. The van der Waals surface area contributed by atoms with Crippen LogP contribution in [0, 0.1) is 6.92 Å². The molecule has 1 aromatic carbocycles. The highest BCUT2D eigenvalue weighted by Crippen LogP contribution is 2.38. The molecule has 2 aromatic heterocycles. The van der Waals surface area contributed by atoms with Gasteiger partial charge in [-0.15, -0.1) is 0 Å². The molecule has 0 bridgehead atoms. The van der Waals surface area contributed by atoms with Crippen LogP contribution in [0.3, 0.4) is 0 Å². The van der Waals surface area contributed by atoms with Crippen LogP contribution in [0.2, 0.25) is 0 Å². The van der Waals surface area contributed by atoms with E-state index in [2.05, 4.69) is 30.7 Å². The van der Waals surface area contributed by atoms with Crippen LogP contribution in [-0.2, 0) is 6.54 Å². The zero-order chi connectivity index (χ0) is 21.3. The fraction of sp³-hybridized carbons (Fsp3) is 0.238. The van der Waals surface area contributed by atoms with E-state index in [0.29, 0.717) is 18.1 Å². The molecule has 0 aliphatic carbocycles. The Bertz CT molecular complexity index is 1060. The molecule has 4 rings (SSSR count). The number of halogens is 2. The molecule has 0 radical (unpaired) electrons. The second-order valence-electron chi connectivity index (χ2n) is 6.86. The molecule has 1 unspecified atom stereocenters. The summed E-state index contributed by atoms with van der Waals surface area (Å²) < 4.78 is 28.7. The minimum atomic E-state index is -2.91. The van der Waals surface area contributed by atoms with Crippen molar-refractivity contribution in [2.24, 2.45) is 0 Å². The minimum absolute atomic E-state index is 0.148. The lowest BCUT2D eigenvalue weighted by molar-refractivity contribution is -0.0528. The SMILES string of the molecule is CNc1ccc(-c2cnc(Nc3ccc(OC(F)F)nc3)cc2C)c2c1C(O)NC2. The number of nitrogens with one attached hydrogen (secondary N) is 3. The topological polar surface area (TPSA) is 91.3 Å². The molecule has 9 heteroatoms. The number of aliphatic hydroxyl groups excluding tert-OH is 1. The van der Waals surface area contributed by atoms with Gasteiger partial charge in [-0.25, -0.2) is 9.97 Å². The van der Waals surface area contributed by atoms with Crippen LogP contribution in [-0.4, -0.2) is 28.7 Å². The van der Waals surface area contributed by atoms with Gasteiger partial charge in [-0.05, 0) is 41.8 Å². The number of aryl methyl sites for hydroxylation is 1. The van der Waals surface area contributed by atoms with E-state index >= 15 is 0 Å². The summed E-state index contributed by atoms with van der Waals surface area (Å²) in [5.74, 6) is 0.451. The van der Waals surface area contributed by atoms with Gasteiger partial charge in [0.1, 0.15) is 12.0 Å². The Hall–Kier alpha value is -3.30. The Morgan fingerprint density at radius 1 is 1.17 bits per heavy atom. The zero-order valence-corrected chi connectivity index (χ0v) is 16.4. The molecule has 1 aliphatic heterocycles. The average molecular weight is 413 g/mol. The number of alkyl halides is 2. The largest absolute Gasteiger partial charge is 0.417 e. The molecule has 0 saturated heterocycles. The summed E-state index contributed by atoms with van der Waals surface area (Å²) in [4.78, 5) is 8.32. The van der Waals surface area contributed by atoms with Gasteiger partial charge in [-0.1, -0.05) is 6.07 Å². The van der Waals surface area contributed by atoms with E-state index in [-0.39, 0.29) is 5.88 Å². The van der Waals surface area contributed by atoms with Crippen molar-refractivity contribution in [1.29, 1.82) is 0 Å². The van der Waals surface area contributed by atoms with Crippen LogP contribution >= 0.6 is 0 Å². The van der Waals surface area contributed by atoms with Gasteiger partial charge in [0.2, 0.25) is 5.88 Å². The summed E-state index contributed by atoms with van der Waals surface area (Å²) in [7, 11) is 1.83. The summed E-state index contributed by atoms with van der Waals surface area (Å²) in [6.07, 6.45) is 2.47. The quantitative estimate of drug-likeness (QED) is 0.487. The van der Waals surface area contributed by atoms with E-state index in [4.69, 9.17) is 0 Å². The van der Waals surface area contributed by atoms with Crippen LogP contribution < -0.4 is 20.7 Å². The van der Waals surface area contributed by atoms with Gasteiger partial charge in [0.15, 0.2) is 0 Å². The molecule has 4 N–H and O–H groups in total. The summed E-state index contributed by atoms with van der Waals surface area (Å²) in [5, 5.41) is 19.6. The average Bonchev–Trinajstić information content (AvgIpc) is 3.11. The minimum Gasteiger partial charge on any atom is -0.417 e. The highest BCUT2D eigenvalue weighted by atomic mass is 19.3. The van der Waals surface area contributed by atoms with Gasteiger partial charge in [-0.3, -0.25) is 5.32 Å². The van der Waals surface area contributed by atoms with E-state index in [9.17, 15) is 13.9 Å². The summed E-state index contributed by atoms with van der Waals surface area (Å²) in [6, 6.07) is 8.82. The predicted molar refractivity (Wildman–Crippen MR) is 110 cm³/mol. The Morgan fingerprint density at radius 3 is 2.67 bits per heavy atom. The molecule has 1 atom stereocenters. The number of benzene rings is 1. The van der Waals surface area contributed by atoms with Crippen LogP contribution in [0.5, 0.6) is 5.88 Å². The van der Waals surface area contributed by atoms with Crippen LogP contribution in [0.4, 0.5) is 26.0 Å². The Morgan fingerprint density at radius 2 is 2.00 bits per heavy atom. The number of aliphatic hydroxyl groups is 1. The molecule has 0 amide bonds. The van der Waals surface area contributed by atoms with Gasteiger partial charge in [0.05, 0.1) is 11.9 Å². The third-order valence-corrected chi connectivity index (χ3v) is 4.99. The van der Waals surface area contributed by atoms with Gasteiger partial charge in [0, 0.05) is 42.7 Å². The lowest BCUT2D eigenvalue weighted by atomic mass is 9.94. The van der Waals surface area contributed by atoms with Crippen LogP contribution in [0.15, 0.2) is 42.7 Å². The molecule has 3 heterocycles. The third kappa shape index (κ3) is 3.89. The number of hydrogen-bond donors (Lipinski definition) is 4. The van der Waals surface area contributed by atoms with Gasteiger partial charge >= 0.3 is 6.61 Å². The van der Waals surface area contributed by atoms with E-state index in [1.54, 1.807) is 12.3 Å². The summed E-state index contributed by atoms with van der Waals surface area (Å²) in [5.41, 5.74) is 6.37. The maximum Gasteiger partial charge on any atom is 0.388 e. The second kappa shape index (κ2) is 8.21. The molecule has 7 nitrogen and oxygen atoms in total. The second-order valence-corrected chi connectivity index (χ2v) is 6.86. The number of aromatic nitrogens is 2. The Labute approximate surface area is 172 Å². The molecule has 156 valence electrons. The van der Waals surface area contributed by atoms with E-state index < -0.39 is 12.8 Å². The van der Waals surface area contributed by atoms with Crippen molar-refractivity contribution in [3.05, 3.63) is 59.4 Å². The van der Waals surface area contributed by atoms with E-state index in [0.717, 1.165) is 33.5 Å². The van der Waals surface area contributed by atoms with Crippen LogP contribution in [0.25, 0.3) is 11.1 Å². The van der Waals surface area contributed by atoms with Crippen molar-refractivity contribution in [1.82, 2.24) is 15.3 Å². The number of nitrogens with zero attached hydrogens (tertiary/aromatic N) is 2. The first-order valence-electron chi connectivity index (χ1n) is 9.36. The maximum absolute atomic E-state index is 12.2. The Kier molecular flexibility index (Phi) is 5.47. The molecular weight excluding hydrogens is 392 g/mol. The first-order valence-corrected chi connectivity index (χ1v) is 9.36. The van der Waals surface area contributed by atoms with Crippen molar-refractivity contribution in [2.45, 2.75) is 26.3 Å². The highest BCUT2D eigenvalue weighted by Gasteiger charge is 2.26. The molecular formula is C21H21F2N5O2. The van der Waals surface area contributed by atoms with E-state index in [1.165, 1.54) is 12.3 Å². The standard InChI is InChI=1S/C21H21F2N5O2/c1-11-7-17(28-12-3-6-18(26-8-12)30-21(22)23)25-9-14(11)13-4-5-16(24-2)19-15(13)10-27-20(19)29/h3-9,20-21,24,27,29H,10H2,1-2H3,(H,25,28).